The van der Waals surface area contributed by atoms with Gasteiger partial charge in [-0.05, 0) is 36.8 Å². The number of carbonyl (C=O) groups is 1. The number of esters is 1. The normalized spacial score (nSPS) is 10.1. The summed E-state index contributed by atoms with van der Waals surface area (Å²) in [7, 11) is 0. The molecule has 0 fully saturated rings. The highest BCUT2D eigenvalue weighted by molar-refractivity contribution is 5.92. The van der Waals surface area contributed by atoms with Crippen molar-refractivity contribution in [1.29, 1.82) is 0 Å². The number of nitrogens with one attached hydrogen (secondary N) is 1. The fourth-order valence-electron chi connectivity index (χ4n) is 1.90. The molecule has 0 radical (unpaired) electrons. The third-order valence-corrected chi connectivity index (χ3v) is 2.89. The van der Waals surface area contributed by atoms with Gasteiger partial charge in [0.15, 0.2) is 0 Å². The van der Waals surface area contributed by atoms with E-state index < -0.39 is 0 Å². The van der Waals surface area contributed by atoms with Crippen molar-refractivity contribution in [3.05, 3.63) is 59.7 Å². The molecule has 20 heavy (non-hydrogen) atoms. The Balaban J connectivity index is 2.16. The van der Waals surface area contributed by atoms with E-state index in [0.717, 1.165) is 11.3 Å². The quantitative estimate of drug-likeness (QED) is 0.647. The van der Waals surface area contributed by atoms with Gasteiger partial charge in [0.25, 0.3) is 0 Å². The second kappa shape index (κ2) is 6.61. The van der Waals surface area contributed by atoms with Crippen LogP contribution in [0.15, 0.2) is 48.5 Å². The maximum atomic E-state index is 11.9. The second-order valence-corrected chi connectivity index (χ2v) is 4.36. The molecule has 104 valence electrons. The summed E-state index contributed by atoms with van der Waals surface area (Å²) in [6, 6.07) is 15.1. The van der Waals surface area contributed by atoms with Gasteiger partial charge >= 0.3 is 5.97 Å². The summed E-state index contributed by atoms with van der Waals surface area (Å²) in [6.07, 6.45) is 0. The Morgan fingerprint density at radius 1 is 1.20 bits per heavy atom. The van der Waals surface area contributed by atoms with Crippen LogP contribution >= 0.6 is 0 Å². The Morgan fingerprint density at radius 2 is 1.95 bits per heavy atom. The molecule has 0 aliphatic heterocycles. The number of carbonyl (C=O) groups excluding carboxylic acids is 1. The van der Waals surface area contributed by atoms with E-state index in [0.29, 0.717) is 24.4 Å². The van der Waals surface area contributed by atoms with Crippen LogP contribution in [0.3, 0.4) is 0 Å². The maximum absolute atomic E-state index is 11.9. The molecule has 0 aliphatic carbocycles. The van der Waals surface area contributed by atoms with Crippen molar-refractivity contribution in [2.24, 2.45) is 0 Å². The number of ether oxygens (including phenoxy) is 1. The first-order valence-electron chi connectivity index (χ1n) is 6.55. The third-order valence-electron chi connectivity index (χ3n) is 2.89. The minimum Gasteiger partial charge on any atom is -0.462 e. The maximum Gasteiger partial charge on any atom is 0.338 e. The van der Waals surface area contributed by atoms with Crippen LogP contribution in [0.4, 0.5) is 11.4 Å². The monoisotopic (exact) mass is 270 g/mol. The van der Waals surface area contributed by atoms with Crippen LogP contribution < -0.4 is 11.1 Å². The smallest absolute Gasteiger partial charge is 0.338 e. The molecule has 0 unspecified atom stereocenters. The molecule has 0 aliphatic rings. The number of nitrogen functional groups attached to an aromatic ring is 1. The van der Waals surface area contributed by atoms with Crippen LogP contribution in [0.2, 0.25) is 0 Å². The minimum atomic E-state index is -0.343. The number of benzene rings is 2. The zero-order valence-corrected chi connectivity index (χ0v) is 11.4. The third kappa shape index (κ3) is 3.51. The van der Waals surface area contributed by atoms with Gasteiger partial charge < -0.3 is 15.8 Å². The molecule has 0 spiro atoms. The first-order chi connectivity index (χ1) is 9.70. The van der Waals surface area contributed by atoms with Crippen LogP contribution in [-0.2, 0) is 11.3 Å². The van der Waals surface area contributed by atoms with E-state index in [9.17, 15) is 4.79 Å². The molecular weight excluding hydrogens is 252 g/mol. The van der Waals surface area contributed by atoms with Gasteiger partial charge in [0, 0.05) is 17.9 Å². The molecule has 0 saturated carbocycles. The van der Waals surface area contributed by atoms with Gasteiger partial charge in [-0.2, -0.15) is 0 Å². The number of nitrogens with two attached hydrogens (primary N) is 1. The van der Waals surface area contributed by atoms with Crippen molar-refractivity contribution < 1.29 is 9.53 Å². The van der Waals surface area contributed by atoms with E-state index >= 15 is 0 Å². The molecule has 2 rings (SSSR count). The summed E-state index contributed by atoms with van der Waals surface area (Å²) in [4.78, 5) is 11.9. The lowest BCUT2D eigenvalue weighted by atomic mass is 10.1. The van der Waals surface area contributed by atoms with Crippen molar-refractivity contribution in [3.63, 3.8) is 0 Å². The molecule has 4 heteroatoms. The van der Waals surface area contributed by atoms with E-state index in [4.69, 9.17) is 10.5 Å². The van der Waals surface area contributed by atoms with Gasteiger partial charge in [0.2, 0.25) is 0 Å². The first-order valence-corrected chi connectivity index (χ1v) is 6.55. The zero-order chi connectivity index (χ0) is 14.4. The van der Waals surface area contributed by atoms with E-state index in [2.05, 4.69) is 5.32 Å². The highest BCUT2D eigenvalue weighted by Gasteiger charge is 2.12. The summed E-state index contributed by atoms with van der Waals surface area (Å²) < 4.78 is 5.05. The number of para-hydroxylation sites is 1. The van der Waals surface area contributed by atoms with E-state index in [-0.39, 0.29) is 5.97 Å². The van der Waals surface area contributed by atoms with Crippen LogP contribution in [0.1, 0.15) is 22.8 Å². The predicted molar refractivity (Wildman–Crippen MR) is 80.6 cm³/mol. The Bertz CT molecular complexity index is 582. The van der Waals surface area contributed by atoms with Gasteiger partial charge in [0.1, 0.15) is 0 Å². The molecule has 2 aromatic carbocycles. The standard InChI is InChI=1S/C16H18N2O2/c1-2-20-16(19)15-10-13(17)9-8-12(15)11-18-14-6-4-3-5-7-14/h3-10,18H,2,11,17H2,1H3. The summed E-state index contributed by atoms with van der Waals surface area (Å²) in [5.74, 6) is -0.343. The van der Waals surface area contributed by atoms with Crippen molar-refractivity contribution in [2.45, 2.75) is 13.5 Å². The summed E-state index contributed by atoms with van der Waals surface area (Å²) >= 11 is 0. The molecule has 0 aromatic heterocycles. The average molecular weight is 270 g/mol. The second-order valence-electron chi connectivity index (χ2n) is 4.36. The summed E-state index contributed by atoms with van der Waals surface area (Å²) in [6.45, 7) is 2.67. The van der Waals surface area contributed by atoms with Gasteiger partial charge in [-0.3, -0.25) is 0 Å². The van der Waals surface area contributed by atoms with Crippen molar-refractivity contribution >= 4 is 17.3 Å². The number of rotatable bonds is 5. The number of anilines is 2. The highest BCUT2D eigenvalue weighted by Crippen LogP contribution is 2.17. The highest BCUT2D eigenvalue weighted by atomic mass is 16.5. The number of hydrogen-bond donors (Lipinski definition) is 2. The Hall–Kier alpha value is -2.49. The van der Waals surface area contributed by atoms with E-state index in [1.54, 1.807) is 19.1 Å². The van der Waals surface area contributed by atoms with Crippen LogP contribution in [0.25, 0.3) is 0 Å². The van der Waals surface area contributed by atoms with Gasteiger partial charge in [0.05, 0.1) is 12.2 Å². The van der Waals surface area contributed by atoms with Crippen molar-refractivity contribution in [2.75, 3.05) is 17.7 Å². The lowest BCUT2D eigenvalue weighted by Gasteiger charge is -2.11. The lowest BCUT2D eigenvalue weighted by Crippen LogP contribution is -2.11. The molecular formula is C16H18N2O2. The summed E-state index contributed by atoms with van der Waals surface area (Å²) in [5, 5.41) is 3.27. The van der Waals surface area contributed by atoms with Gasteiger partial charge in [-0.25, -0.2) is 4.79 Å². The fourth-order valence-corrected chi connectivity index (χ4v) is 1.90. The molecule has 0 atom stereocenters. The molecule has 0 amide bonds. The topological polar surface area (TPSA) is 64.3 Å². The first kappa shape index (κ1) is 13.9. The van der Waals surface area contributed by atoms with Crippen LogP contribution in [-0.4, -0.2) is 12.6 Å². The van der Waals surface area contributed by atoms with Gasteiger partial charge in [-0.15, -0.1) is 0 Å². The molecule has 0 bridgehead atoms. The van der Waals surface area contributed by atoms with Crippen LogP contribution in [0, 0.1) is 0 Å². The number of hydrogen-bond acceptors (Lipinski definition) is 4. The largest absolute Gasteiger partial charge is 0.462 e. The average Bonchev–Trinajstić information content (AvgIpc) is 2.47. The Labute approximate surface area is 118 Å². The molecule has 4 nitrogen and oxygen atoms in total. The SMILES string of the molecule is CCOC(=O)c1cc(N)ccc1CNc1ccccc1. The minimum absolute atomic E-state index is 0.343. The van der Waals surface area contributed by atoms with E-state index in [1.165, 1.54) is 0 Å². The van der Waals surface area contributed by atoms with Crippen LogP contribution in [0.5, 0.6) is 0 Å². The summed E-state index contributed by atoms with van der Waals surface area (Å²) in [5.41, 5.74) is 8.66. The Kier molecular flexibility index (Phi) is 4.60. The lowest BCUT2D eigenvalue weighted by molar-refractivity contribution is 0.0525. The Morgan fingerprint density at radius 3 is 2.65 bits per heavy atom. The van der Waals surface area contributed by atoms with E-state index in [1.807, 2.05) is 36.4 Å². The van der Waals surface area contributed by atoms with Gasteiger partial charge in [-0.1, -0.05) is 24.3 Å². The van der Waals surface area contributed by atoms with Crippen molar-refractivity contribution in [1.82, 2.24) is 0 Å². The predicted octanol–water partition coefficient (Wildman–Crippen LogP) is 3.06. The molecule has 2 aromatic rings. The molecule has 0 saturated heterocycles. The zero-order valence-electron chi connectivity index (χ0n) is 11.4. The molecule has 0 heterocycles. The van der Waals surface area contributed by atoms with Crippen molar-refractivity contribution in [3.8, 4) is 0 Å². The molecule has 3 N–H and O–H groups in total. The fraction of sp³-hybridized carbons (Fsp3) is 0.188.